The molecule has 0 aliphatic rings. The smallest absolute Gasteiger partial charge is 0.306 e. The maximum Gasteiger partial charge on any atom is 0.306 e. The van der Waals surface area contributed by atoms with Crippen LogP contribution in [-0.4, -0.2) is 37.2 Å². The fraction of sp³-hybridized carbons (Fsp3) is 0.883. The molecule has 0 heterocycles. The number of carbonyl (C=O) groups is 3. The van der Waals surface area contributed by atoms with Crippen molar-refractivity contribution in [2.75, 3.05) is 13.2 Å². The third kappa shape index (κ3) is 52.9. The Balaban J connectivity index is 4.31. The summed E-state index contributed by atoms with van der Waals surface area (Å²) < 4.78 is 16.9. The average Bonchev–Trinajstić information content (AvgIpc) is 3.31. The van der Waals surface area contributed by atoms with Gasteiger partial charge in [0, 0.05) is 19.3 Å². The van der Waals surface area contributed by atoms with Crippen LogP contribution in [0.1, 0.15) is 323 Å². The van der Waals surface area contributed by atoms with Crippen molar-refractivity contribution in [1.29, 1.82) is 0 Å². The molecule has 0 amide bonds. The molecule has 0 saturated carbocycles. The van der Waals surface area contributed by atoms with E-state index in [0.29, 0.717) is 19.3 Å². The maximum atomic E-state index is 12.8. The highest BCUT2D eigenvalue weighted by molar-refractivity contribution is 5.71. The summed E-state index contributed by atoms with van der Waals surface area (Å²) in [6.07, 6.45) is 64.5. The minimum absolute atomic E-state index is 0.0666. The van der Waals surface area contributed by atoms with Crippen molar-refractivity contribution in [3.05, 3.63) is 24.3 Å². The van der Waals surface area contributed by atoms with Gasteiger partial charge in [0.2, 0.25) is 0 Å². The van der Waals surface area contributed by atoms with Crippen molar-refractivity contribution < 1.29 is 28.6 Å². The minimum Gasteiger partial charge on any atom is -0.462 e. The van der Waals surface area contributed by atoms with E-state index >= 15 is 0 Å². The first-order valence-corrected chi connectivity index (χ1v) is 29.3. The zero-order chi connectivity index (χ0) is 47.9. The summed E-state index contributed by atoms with van der Waals surface area (Å²) in [5.74, 6) is -0.848. The van der Waals surface area contributed by atoms with E-state index < -0.39 is 6.10 Å². The van der Waals surface area contributed by atoms with Gasteiger partial charge in [0.1, 0.15) is 13.2 Å². The lowest BCUT2D eigenvalue weighted by molar-refractivity contribution is -0.167. The van der Waals surface area contributed by atoms with E-state index in [1.807, 2.05) is 0 Å². The molecule has 0 bridgehead atoms. The van der Waals surface area contributed by atoms with E-state index in [0.717, 1.165) is 64.2 Å². The van der Waals surface area contributed by atoms with Crippen LogP contribution in [0.2, 0.25) is 0 Å². The van der Waals surface area contributed by atoms with Gasteiger partial charge in [-0.2, -0.15) is 0 Å². The lowest BCUT2D eigenvalue weighted by Gasteiger charge is -2.18. The minimum atomic E-state index is -0.767. The Morgan fingerprint density at radius 2 is 0.545 bits per heavy atom. The van der Waals surface area contributed by atoms with E-state index in [9.17, 15) is 14.4 Å². The highest BCUT2D eigenvalue weighted by atomic mass is 16.6. The van der Waals surface area contributed by atoms with Gasteiger partial charge in [-0.15, -0.1) is 0 Å². The molecule has 1 atom stereocenters. The number of allylic oxidation sites excluding steroid dienone is 4. The number of rotatable bonds is 54. The number of ether oxygens (including phenoxy) is 3. The molecule has 0 spiro atoms. The largest absolute Gasteiger partial charge is 0.462 e. The first-order valence-electron chi connectivity index (χ1n) is 29.3. The van der Waals surface area contributed by atoms with E-state index in [1.165, 1.54) is 218 Å². The number of hydrogen-bond acceptors (Lipinski definition) is 6. The molecule has 0 aromatic heterocycles. The summed E-state index contributed by atoms with van der Waals surface area (Å²) in [6, 6.07) is 0. The van der Waals surface area contributed by atoms with E-state index in [1.54, 1.807) is 0 Å². The molecule has 1 unspecified atom stereocenters. The SMILES string of the molecule is CCCCC/C=C\C/C=C\CCCCCCCCCCCC(=O)OCC(COC(=O)CCCCCCCCCCCCCCCC)OC(=O)CCCCCCCCCCCCCCCCC. The van der Waals surface area contributed by atoms with Crippen molar-refractivity contribution in [3.8, 4) is 0 Å². The molecule has 66 heavy (non-hydrogen) atoms. The van der Waals surface area contributed by atoms with Gasteiger partial charge in [0.25, 0.3) is 0 Å². The molecule has 0 fully saturated rings. The Labute approximate surface area is 411 Å². The van der Waals surface area contributed by atoms with Crippen LogP contribution < -0.4 is 0 Å². The number of hydrogen-bond donors (Lipinski definition) is 0. The molecule has 0 N–H and O–H groups in total. The number of esters is 3. The summed E-state index contributed by atoms with van der Waals surface area (Å²) >= 11 is 0. The van der Waals surface area contributed by atoms with Crippen LogP contribution in [0.3, 0.4) is 0 Å². The topological polar surface area (TPSA) is 78.9 Å². The number of carbonyl (C=O) groups excluding carboxylic acids is 3. The molecule has 0 saturated heterocycles. The quantitative estimate of drug-likeness (QED) is 0.0262. The monoisotopic (exact) mass is 929 g/mol. The van der Waals surface area contributed by atoms with E-state index in [-0.39, 0.29) is 31.1 Å². The van der Waals surface area contributed by atoms with Crippen LogP contribution >= 0.6 is 0 Å². The highest BCUT2D eigenvalue weighted by Gasteiger charge is 2.19. The normalized spacial score (nSPS) is 12.1. The van der Waals surface area contributed by atoms with Crippen molar-refractivity contribution in [2.24, 2.45) is 0 Å². The Morgan fingerprint density at radius 3 is 0.864 bits per heavy atom. The predicted octanol–water partition coefficient (Wildman–Crippen LogP) is 19.5. The molecule has 6 nitrogen and oxygen atoms in total. The van der Waals surface area contributed by atoms with Gasteiger partial charge in [-0.25, -0.2) is 0 Å². The first-order chi connectivity index (χ1) is 32.5. The van der Waals surface area contributed by atoms with Gasteiger partial charge in [0.05, 0.1) is 0 Å². The van der Waals surface area contributed by atoms with Crippen molar-refractivity contribution in [2.45, 2.75) is 329 Å². The van der Waals surface area contributed by atoms with Gasteiger partial charge in [-0.1, -0.05) is 276 Å². The molecule has 0 aromatic carbocycles. The highest BCUT2D eigenvalue weighted by Crippen LogP contribution is 2.17. The summed E-state index contributed by atoms with van der Waals surface area (Å²) in [4.78, 5) is 38.2. The van der Waals surface area contributed by atoms with Crippen LogP contribution in [0.4, 0.5) is 0 Å². The molecule has 0 aliphatic heterocycles. The second kappa shape index (κ2) is 55.5. The molecular weight excluding hydrogens is 817 g/mol. The van der Waals surface area contributed by atoms with Crippen LogP contribution in [0.15, 0.2) is 24.3 Å². The van der Waals surface area contributed by atoms with Gasteiger partial charge in [-0.05, 0) is 51.4 Å². The lowest BCUT2D eigenvalue weighted by Crippen LogP contribution is -2.30. The molecule has 0 rings (SSSR count). The van der Waals surface area contributed by atoms with Gasteiger partial charge < -0.3 is 14.2 Å². The van der Waals surface area contributed by atoms with Gasteiger partial charge in [-0.3, -0.25) is 14.4 Å². The Kier molecular flexibility index (Phi) is 53.7. The third-order valence-electron chi connectivity index (χ3n) is 13.2. The summed E-state index contributed by atoms with van der Waals surface area (Å²) in [6.45, 7) is 6.66. The molecule has 0 radical (unpaired) electrons. The Morgan fingerprint density at radius 1 is 0.303 bits per heavy atom. The maximum absolute atomic E-state index is 12.8. The van der Waals surface area contributed by atoms with Crippen molar-refractivity contribution >= 4 is 17.9 Å². The lowest BCUT2D eigenvalue weighted by atomic mass is 10.0. The zero-order valence-electron chi connectivity index (χ0n) is 44.5. The van der Waals surface area contributed by atoms with Crippen molar-refractivity contribution in [1.82, 2.24) is 0 Å². The molecule has 388 valence electrons. The zero-order valence-corrected chi connectivity index (χ0v) is 44.5. The summed E-state index contributed by atoms with van der Waals surface area (Å²) in [5.41, 5.74) is 0. The van der Waals surface area contributed by atoms with Crippen LogP contribution in [0.5, 0.6) is 0 Å². The average molecular weight is 930 g/mol. The van der Waals surface area contributed by atoms with E-state index in [4.69, 9.17) is 14.2 Å². The summed E-state index contributed by atoms with van der Waals surface area (Å²) in [5, 5.41) is 0. The second-order valence-corrected chi connectivity index (χ2v) is 19.9. The van der Waals surface area contributed by atoms with Crippen LogP contribution in [-0.2, 0) is 28.6 Å². The first kappa shape index (κ1) is 63.9. The molecule has 0 aliphatic carbocycles. The predicted molar refractivity (Wildman–Crippen MR) is 284 cm³/mol. The standard InChI is InChI=1S/C60H112O6/c1-4-7-10-13-16-19-22-25-28-29-30-31-33-35-38-41-44-47-50-53-59(62)65-56-57(55-64-58(61)52-49-46-43-40-37-34-27-24-21-18-15-12-9-6-3)66-60(63)54-51-48-45-42-39-36-32-26-23-20-17-14-11-8-5-2/h16,19,25,28,57H,4-15,17-18,20-24,26-27,29-56H2,1-3H3/b19-16-,28-25-. The van der Waals surface area contributed by atoms with Gasteiger partial charge >= 0.3 is 17.9 Å². The fourth-order valence-corrected chi connectivity index (χ4v) is 8.77. The van der Waals surface area contributed by atoms with Crippen LogP contribution in [0.25, 0.3) is 0 Å². The Hall–Kier alpha value is -2.11. The van der Waals surface area contributed by atoms with E-state index in [2.05, 4.69) is 45.1 Å². The fourth-order valence-electron chi connectivity index (χ4n) is 8.77. The molecule has 0 aromatic rings. The molecule has 6 heteroatoms. The van der Waals surface area contributed by atoms with Gasteiger partial charge in [0.15, 0.2) is 6.10 Å². The summed E-state index contributed by atoms with van der Waals surface area (Å²) in [7, 11) is 0. The second-order valence-electron chi connectivity index (χ2n) is 19.9. The Bertz CT molecular complexity index is 1070. The number of unbranched alkanes of at least 4 members (excludes halogenated alkanes) is 39. The third-order valence-corrected chi connectivity index (χ3v) is 13.2. The van der Waals surface area contributed by atoms with Crippen molar-refractivity contribution in [3.63, 3.8) is 0 Å². The van der Waals surface area contributed by atoms with Crippen LogP contribution in [0, 0.1) is 0 Å². The molecular formula is C60H112O6.